The van der Waals surface area contributed by atoms with Gasteiger partial charge in [-0.3, -0.25) is 0 Å². The van der Waals surface area contributed by atoms with Gasteiger partial charge in [0.25, 0.3) is 0 Å². The zero-order chi connectivity index (χ0) is 18.5. The second kappa shape index (κ2) is 6.16. The molecule has 3 nitrogen and oxygen atoms in total. The quantitative estimate of drug-likeness (QED) is 0.344. The first-order chi connectivity index (χ1) is 13.9. The number of fused-ring (bicyclic) bond motifs is 4. The fourth-order valence-electron chi connectivity index (χ4n) is 4.74. The van der Waals surface area contributed by atoms with Crippen LogP contribution in [-0.2, 0) is 0 Å². The average molecular weight is 364 g/mol. The van der Waals surface area contributed by atoms with E-state index in [0.29, 0.717) is 5.92 Å². The van der Waals surface area contributed by atoms with Crippen LogP contribution in [0.15, 0.2) is 71.4 Å². The minimum Gasteiger partial charge on any atom is -0.455 e. The average Bonchev–Trinajstić information content (AvgIpc) is 3.41. The first-order valence-corrected chi connectivity index (χ1v) is 10.0. The number of rotatable bonds is 2. The van der Waals surface area contributed by atoms with Crippen LogP contribution in [0.1, 0.15) is 37.2 Å². The maximum absolute atomic E-state index is 6.23. The van der Waals surface area contributed by atoms with Gasteiger partial charge in [0.15, 0.2) is 0 Å². The van der Waals surface area contributed by atoms with Crippen LogP contribution in [0.3, 0.4) is 0 Å². The lowest BCUT2D eigenvalue weighted by atomic mass is 9.95. The summed E-state index contributed by atoms with van der Waals surface area (Å²) in [5.74, 6) is 0.682. The van der Waals surface area contributed by atoms with E-state index in [2.05, 4.69) is 58.5 Å². The van der Waals surface area contributed by atoms with Crippen molar-refractivity contribution in [3.05, 3.63) is 72.6 Å². The summed E-state index contributed by atoms with van der Waals surface area (Å²) < 4.78 is 6.23. The summed E-state index contributed by atoms with van der Waals surface area (Å²) in [6.07, 6.45) is 6.94. The smallest absolute Gasteiger partial charge is 0.144 e. The van der Waals surface area contributed by atoms with Crippen molar-refractivity contribution < 1.29 is 4.42 Å². The van der Waals surface area contributed by atoms with E-state index in [1.807, 2.05) is 12.1 Å². The first kappa shape index (κ1) is 15.8. The van der Waals surface area contributed by atoms with Crippen molar-refractivity contribution in [2.75, 3.05) is 0 Å². The number of hydrogen-bond donors (Lipinski definition) is 0. The van der Waals surface area contributed by atoms with Crippen molar-refractivity contribution in [2.45, 2.75) is 31.6 Å². The van der Waals surface area contributed by atoms with Crippen LogP contribution < -0.4 is 0 Å². The fourth-order valence-corrected chi connectivity index (χ4v) is 4.74. The Morgan fingerprint density at radius 2 is 1.64 bits per heavy atom. The van der Waals surface area contributed by atoms with Gasteiger partial charge >= 0.3 is 0 Å². The van der Waals surface area contributed by atoms with Gasteiger partial charge < -0.3 is 4.42 Å². The summed E-state index contributed by atoms with van der Waals surface area (Å²) in [7, 11) is 0. The Hall–Kier alpha value is -3.20. The predicted molar refractivity (Wildman–Crippen MR) is 113 cm³/mol. The summed E-state index contributed by atoms with van der Waals surface area (Å²) >= 11 is 0. The topological polar surface area (TPSA) is 38.9 Å². The van der Waals surface area contributed by atoms with Gasteiger partial charge in [0.05, 0.1) is 11.2 Å². The molecule has 3 aromatic carbocycles. The highest BCUT2D eigenvalue weighted by atomic mass is 16.3. The van der Waals surface area contributed by atoms with Gasteiger partial charge in [0.1, 0.15) is 17.5 Å². The Morgan fingerprint density at radius 3 is 2.57 bits per heavy atom. The molecule has 3 heteroatoms. The summed E-state index contributed by atoms with van der Waals surface area (Å²) in [5, 5.41) is 3.35. The van der Waals surface area contributed by atoms with Crippen LogP contribution in [0.2, 0.25) is 0 Å². The molecule has 0 N–H and O–H groups in total. The molecule has 1 aliphatic rings. The Morgan fingerprint density at radius 1 is 0.786 bits per heavy atom. The summed E-state index contributed by atoms with van der Waals surface area (Å²) in [5.41, 5.74) is 6.19. The molecule has 1 saturated carbocycles. The van der Waals surface area contributed by atoms with Crippen molar-refractivity contribution in [1.82, 2.24) is 9.97 Å². The Balaban J connectivity index is 1.58. The number of aromatic nitrogens is 2. The van der Waals surface area contributed by atoms with Gasteiger partial charge in [-0.05, 0) is 42.5 Å². The largest absolute Gasteiger partial charge is 0.455 e. The van der Waals surface area contributed by atoms with E-state index in [1.54, 1.807) is 6.33 Å². The van der Waals surface area contributed by atoms with Gasteiger partial charge in [-0.1, -0.05) is 55.3 Å². The predicted octanol–water partition coefficient (Wildman–Crippen LogP) is 6.85. The normalized spacial score (nSPS) is 15.1. The van der Waals surface area contributed by atoms with Crippen LogP contribution in [0.4, 0.5) is 0 Å². The molecule has 0 radical (unpaired) electrons. The first-order valence-electron chi connectivity index (χ1n) is 10.0. The van der Waals surface area contributed by atoms with Gasteiger partial charge in [0, 0.05) is 21.7 Å². The molecule has 0 bridgehead atoms. The van der Waals surface area contributed by atoms with Crippen molar-refractivity contribution in [3.8, 4) is 11.3 Å². The molecular weight excluding hydrogens is 344 g/mol. The Bertz CT molecular complexity index is 1330. The molecule has 0 aliphatic heterocycles. The van der Waals surface area contributed by atoms with Crippen LogP contribution in [0.5, 0.6) is 0 Å². The summed E-state index contributed by atoms with van der Waals surface area (Å²) in [4.78, 5) is 9.23. The molecule has 0 saturated heterocycles. The highest BCUT2D eigenvalue weighted by molar-refractivity contribution is 6.11. The molecule has 2 aromatic heterocycles. The number of para-hydroxylation sites is 2. The standard InChI is InChI=1S/C25H20N2O/c1-2-7-16(6-1)17-12-13-20-22(14-17)26-15-27-24(20)21-10-5-9-19-18-8-3-4-11-23(18)28-25(19)21/h3-5,8-16H,1-2,6-7H2. The molecule has 6 rings (SSSR count). The Labute approximate surface area is 163 Å². The minimum absolute atomic E-state index is 0.682. The van der Waals surface area contributed by atoms with Gasteiger partial charge in [0.2, 0.25) is 0 Å². The molecule has 2 heterocycles. The van der Waals surface area contributed by atoms with Crippen LogP contribution in [0.25, 0.3) is 44.1 Å². The second-order valence-electron chi connectivity index (χ2n) is 7.76. The number of nitrogens with zero attached hydrogens (tertiary/aromatic N) is 2. The van der Waals surface area contributed by atoms with E-state index in [0.717, 1.165) is 44.1 Å². The second-order valence-corrected chi connectivity index (χ2v) is 7.76. The van der Waals surface area contributed by atoms with E-state index in [4.69, 9.17) is 4.42 Å². The minimum atomic E-state index is 0.682. The van der Waals surface area contributed by atoms with E-state index in [-0.39, 0.29) is 0 Å². The van der Waals surface area contributed by atoms with E-state index >= 15 is 0 Å². The van der Waals surface area contributed by atoms with Crippen molar-refractivity contribution in [3.63, 3.8) is 0 Å². The van der Waals surface area contributed by atoms with Crippen molar-refractivity contribution >= 4 is 32.8 Å². The molecular formula is C25H20N2O. The number of hydrogen-bond acceptors (Lipinski definition) is 3. The fraction of sp³-hybridized carbons (Fsp3) is 0.200. The lowest BCUT2D eigenvalue weighted by Crippen LogP contribution is -1.95. The maximum Gasteiger partial charge on any atom is 0.144 e. The third-order valence-electron chi connectivity index (χ3n) is 6.15. The molecule has 1 aliphatic carbocycles. The summed E-state index contributed by atoms with van der Waals surface area (Å²) in [6, 6.07) is 21.2. The Kier molecular flexibility index (Phi) is 3.48. The van der Waals surface area contributed by atoms with E-state index in [9.17, 15) is 0 Å². The molecule has 136 valence electrons. The number of furan rings is 1. The van der Waals surface area contributed by atoms with Crippen LogP contribution in [0, 0.1) is 0 Å². The maximum atomic E-state index is 6.23. The van der Waals surface area contributed by atoms with E-state index in [1.165, 1.54) is 31.2 Å². The molecule has 28 heavy (non-hydrogen) atoms. The highest BCUT2D eigenvalue weighted by Gasteiger charge is 2.19. The molecule has 1 fully saturated rings. The summed E-state index contributed by atoms with van der Waals surface area (Å²) in [6.45, 7) is 0. The molecule has 5 aromatic rings. The highest BCUT2D eigenvalue weighted by Crippen LogP contribution is 2.39. The van der Waals surface area contributed by atoms with Gasteiger partial charge in [-0.2, -0.15) is 0 Å². The molecule has 0 unspecified atom stereocenters. The third kappa shape index (κ3) is 2.36. The molecule has 0 amide bonds. The SMILES string of the molecule is c1ccc2c(c1)oc1c(-c3ncnc4cc(C5CCCC5)ccc34)cccc12. The molecule has 0 spiro atoms. The molecule has 0 atom stereocenters. The third-order valence-corrected chi connectivity index (χ3v) is 6.15. The zero-order valence-corrected chi connectivity index (χ0v) is 15.6. The number of benzene rings is 3. The van der Waals surface area contributed by atoms with Gasteiger partial charge in [-0.15, -0.1) is 0 Å². The van der Waals surface area contributed by atoms with Crippen LogP contribution in [-0.4, -0.2) is 9.97 Å². The van der Waals surface area contributed by atoms with Crippen molar-refractivity contribution in [2.24, 2.45) is 0 Å². The van der Waals surface area contributed by atoms with Crippen molar-refractivity contribution in [1.29, 1.82) is 0 Å². The lowest BCUT2D eigenvalue weighted by molar-refractivity contribution is 0.670. The van der Waals surface area contributed by atoms with Gasteiger partial charge in [-0.25, -0.2) is 9.97 Å². The van der Waals surface area contributed by atoms with E-state index < -0.39 is 0 Å². The zero-order valence-electron chi connectivity index (χ0n) is 15.6. The van der Waals surface area contributed by atoms with Crippen LogP contribution >= 0.6 is 0 Å². The lowest BCUT2D eigenvalue weighted by Gasteiger charge is -2.11. The monoisotopic (exact) mass is 364 g/mol.